The van der Waals surface area contributed by atoms with Gasteiger partial charge in [-0.2, -0.15) is 0 Å². The Morgan fingerprint density at radius 2 is 2.00 bits per heavy atom. The smallest absolute Gasteiger partial charge is 0.0401 e. The monoisotopic (exact) mass is 177 g/mol. The Morgan fingerprint density at radius 3 is 2.62 bits per heavy atom. The van der Waals surface area contributed by atoms with E-state index in [0.717, 1.165) is 5.69 Å². The molecular weight excluding hydrogens is 158 g/mol. The fraction of sp³-hybridized carbons (Fsp3) is 0.583. The largest absolute Gasteiger partial charge is 0.261 e. The molecule has 1 aromatic heterocycles. The van der Waals surface area contributed by atoms with Gasteiger partial charge in [0.2, 0.25) is 0 Å². The Labute approximate surface area is 81.2 Å². The van der Waals surface area contributed by atoms with Crippen molar-refractivity contribution in [3.63, 3.8) is 0 Å². The fourth-order valence-electron chi connectivity index (χ4n) is 1.42. The molecule has 0 aromatic carbocycles. The van der Waals surface area contributed by atoms with E-state index in [1.165, 1.54) is 36.8 Å². The predicted molar refractivity (Wildman–Crippen MR) is 56.9 cm³/mol. The minimum Gasteiger partial charge on any atom is -0.261 e. The molecular formula is C12H19N. The van der Waals surface area contributed by atoms with Gasteiger partial charge in [0.05, 0.1) is 0 Å². The predicted octanol–water partition coefficient (Wildman–Crippen LogP) is 3.43. The molecule has 1 nitrogen and oxygen atoms in total. The van der Waals surface area contributed by atoms with Crippen molar-refractivity contribution in [3.05, 3.63) is 29.1 Å². The van der Waals surface area contributed by atoms with Crippen LogP contribution in [-0.2, 0) is 6.42 Å². The maximum atomic E-state index is 4.36. The van der Waals surface area contributed by atoms with Crippen molar-refractivity contribution >= 4 is 0 Å². The molecule has 0 unspecified atom stereocenters. The van der Waals surface area contributed by atoms with Gasteiger partial charge in [0.1, 0.15) is 0 Å². The van der Waals surface area contributed by atoms with Gasteiger partial charge in [0.25, 0.3) is 0 Å². The van der Waals surface area contributed by atoms with Crippen molar-refractivity contribution in [3.8, 4) is 0 Å². The second-order valence-electron chi connectivity index (χ2n) is 3.70. The normalized spacial score (nSPS) is 10.4. The van der Waals surface area contributed by atoms with Crippen LogP contribution in [0.5, 0.6) is 0 Å². The molecule has 0 saturated carbocycles. The number of hydrogen-bond donors (Lipinski definition) is 0. The van der Waals surface area contributed by atoms with Crippen LogP contribution >= 0.6 is 0 Å². The van der Waals surface area contributed by atoms with Gasteiger partial charge in [-0.05, 0) is 37.8 Å². The Bertz CT molecular complexity index is 266. The van der Waals surface area contributed by atoms with E-state index in [-0.39, 0.29) is 0 Å². The van der Waals surface area contributed by atoms with Gasteiger partial charge in [0.15, 0.2) is 0 Å². The molecule has 1 rings (SSSR count). The van der Waals surface area contributed by atoms with Crippen LogP contribution in [0.1, 0.15) is 43.0 Å². The van der Waals surface area contributed by atoms with Gasteiger partial charge in [-0.25, -0.2) is 0 Å². The molecule has 0 aliphatic rings. The molecule has 0 bridgehead atoms. The molecule has 13 heavy (non-hydrogen) atoms. The minimum absolute atomic E-state index is 1.15. The molecule has 0 fully saturated rings. The summed E-state index contributed by atoms with van der Waals surface area (Å²) in [5.41, 5.74) is 3.85. The quantitative estimate of drug-likeness (QED) is 0.642. The lowest BCUT2D eigenvalue weighted by Crippen LogP contribution is -1.92. The van der Waals surface area contributed by atoms with Crippen molar-refractivity contribution in [1.82, 2.24) is 4.98 Å². The fourth-order valence-corrected chi connectivity index (χ4v) is 1.42. The summed E-state index contributed by atoms with van der Waals surface area (Å²) in [4.78, 5) is 4.36. The lowest BCUT2D eigenvalue weighted by molar-refractivity contribution is 0.715. The molecule has 0 N–H and O–H groups in total. The maximum absolute atomic E-state index is 4.36. The van der Waals surface area contributed by atoms with Crippen molar-refractivity contribution in [1.29, 1.82) is 0 Å². The van der Waals surface area contributed by atoms with Crippen LogP contribution < -0.4 is 0 Å². The van der Waals surface area contributed by atoms with Crippen LogP contribution in [0.15, 0.2) is 12.3 Å². The van der Waals surface area contributed by atoms with Crippen molar-refractivity contribution in [2.45, 2.75) is 46.5 Å². The highest BCUT2D eigenvalue weighted by Gasteiger charge is 1.97. The molecule has 1 heterocycles. The maximum Gasteiger partial charge on any atom is 0.0401 e. The molecule has 0 atom stereocenters. The zero-order valence-electron chi connectivity index (χ0n) is 8.93. The van der Waals surface area contributed by atoms with E-state index in [1.807, 2.05) is 6.20 Å². The van der Waals surface area contributed by atoms with E-state index in [9.17, 15) is 0 Å². The molecule has 0 aliphatic heterocycles. The summed E-state index contributed by atoms with van der Waals surface area (Å²) in [6.45, 7) is 6.43. The minimum atomic E-state index is 1.15. The molecule has 0 aliphatic carbocycles. The first kappa shape index (κ1) is 10.2. The first-order chi connectivity index (χ1) is 6.24. The van der Waals surface area contributed by atoms with Crippen LogP contribution in [0.2, 0.25) is 0 Å². The summed E-state index contributed by atoms with van der Waals surface area (Å²) < 4.78 is 0. The van der Waals surface area contributed by atoms with Crippen LogP contribution in [0, 0.1) is 13.8 Å². The van der Waals surface area contributed by atoms with E-state index < -0.39 is 0 Å². The number of nitrogens with zero attached hydrogens (tertiary/aromatic N) is 1. The SMILES string of the molecule is CCCCCc1cnc(C)c(C)c1. The van der Waals surface area contributed by atoms with Crippen LogP contribution in [0.4, 0.5) is 0 Å². The molecule has 0 amide bonds. The Balaban J connectivity index is 2.53. The molecule has 72 valence electrons. The Morgan fingerprint density at radius 1 is 1.23 bits per heavy atom. The number of unbranched alkanes of at least 4 members (excludes halogenated alkanes) is 2. The van der Waals surface area contributed by atoms with Crippen molar-refractivity contribution < 1.29 is 0 Å². The van der Waals surface area contributed by atoms with Gasteiger partial charge in [0, 0.05) is 11.9 Å². The van der Waals surface area contributed by atoms with E-state index in [0.29, 0.717) is 0 Å². The summed E-state index contributed by atoms with van der Waals surface area (Å²) in [5, 5.41) is 0. The summed E-state index contributed by atoms with van der Waals surface area (Å²) in [6, 6.07) is 2.26. The number of hydrogen-bond acceptors (Lipinski definition) is 1. The lowest BCUT2D eigenvalue weighted by Gasteiger charge is -2.03. The zero-order valence-corrected chi connectivity index (χ0v) is 8.93. The average molecular weight is 177 g/mol. The van der Waals surface area contributed by atoms with Gasteiger partial charge in [-0.15, -0.1) is 0 Å². The van der Waals surface area contributed by atoms with E-state index in [4.69, 9.17) is 0 Å². The van der Waals surface area contributed by atoms with Crippen molar-refractivity contribution in [2.24, 2.45) is 0 Å². The van der Waals surface area contributed by atoms with Gasteiger partial charge in [-0.1, -0.05) is 25.8 Å². The average Bonchev–Trinajstić information content (AvgIpc) is 2.12. The highest BCUT2D eigenvalue weighted by Crippen LogP contribution is 2.09. The highest BCUT2D eigenvalue weighted by molar-refractivity contribution is 5.22. The summed E-state index contributed by atoms with van der Waals surface area (Å²) in [5.74, 6) is 0. The first-order valence-electron chi connectivity index (χ1n) is 5.16. The molecule has 0 saturated heterocycles. The second-order valence-corrected chi connectivity index (χ2v) is 3.70. The summed E-state index contributed by atoms with van der Waals surface area (Å²) >= 11 is 0. The second kappa shape index (κ2) is 5.00. The van der Waals surface area contributed by atoms with Crippen LogP contribution in [0.25, 0.3) is 0 Å². The third kappa shape index (κ3) is 3.17. The number of pyridine rings is 1. The third-order valence-corrected chi connectivity index (χ3v) is 2.47. The highest BCUT2D eigenvalue weighted by atomic mass is 14.7. The molecule has 0 radical (unpaired) electrons. The summed E-state index contributed by atoms with van der Waals surface area (Å²) in [7, 11) is 0. The molecule has 1 heteroatoms. The number of rotatable bonds is 4. The first-order valence-corrected chi connectivity index (χ1v) is 5.16. The zero-order chi connectivity index (χ0) is 9.68. The lowest BCUT2D eigenvalue weighted by atomic mass is 10.1. The van der Waals surface area contributed by atoms with Gasteiger partial charge < -0.3 is 0 Å². The number of aromatic nitrogens is 1. The Kier molecular flexibility index (Phi) is 3.94. The molecule has 1 aromatic rings. The Hall–Kier alpha value is -0.850. The van der Waals surface area contributed by atoms with E-state index >= 15 is 0 Å². The van der Waals surface area contributed by atoms with E-state index in [1.54, 1.807) is 0 Å². The van der Waals surface area contributed by atoms with Gasteiger partial charge >= 0.3 is 0 Å². The van der Waals surface area contributed by atoms with E-state index in [2.05, 4.69) is 31.8 Å². The standard InChI is InChI=1S/C12H19N/c1-4-5-6-7-12-8-10(2)11(3)13-9-12/h8-9H,4-7H2,1-3H3. The van der Waals surface area contributed by atoms with Crippen molar-refractivity contribution in [2.75, 3.05) is 0 Å². The molecule has 0 spiro atoms. The number of aryl methyl sites for hydroxylation is 3. The summed E-state index contributed by atoms with van der Waals surface area (Å²) in [6.07, 6.45) is 7.10. The topological polar surface area (TPSA) is 12.9 Å². The van der Waals surface area contributed by atoms with Gasteiger partial charge in [-0.3, -0.25) is 4.98 Å². The third-order valence-electron chi connectivity index (χ3n) is 2.47. The van der Waals surface area contributed by atoms with Crippen LogP contribution in [-0.4, -0.2) is 4.98 Å². The van der Waals surface area contributed by atoms with Crippen LogP contribution in [0.3, 0.4) is 0 Å².